The Hall–Kier alpha value is -0.420. The molecule has 1 atom stereocenters. The molecule has 1 unspecified atom stereocenters. The van der Waals surface area contributed by atoms with Crippen LogP contribution in [0.5, 0.6) is 0 Å². The first kappa shape index (κ1) is 10.1. The van der Waals surface area contributed by atoms with Gasteiger partial charge in [0.05, 0.1) is 5.69 Å². The van der Waals surface area contributed by atoms with Crippen molar-refractivity contribution >= 4 is 38.3 Å². The quantitative estimate of drug-likeness (QED) is 0.775. The van der Waals surface area contributed by atoms with Gasteiger partial charge in [0.2, 0.25) is 5.91 Å². The summed E-state index contributed by atoms with van der Waals surface area (Å²) >= 11 is 4.95. The van der Waals surface area contributed by atoms with Crippen LogP contribution in [-0.4, -0.2) is 22.8 Å². The van der Waals surface area contributed by atoms with Crippen molar-refractivity contribution < 1.29 is 4.79 Å². The van der Waals surface area contributed by atoms with Crippen LogP contribution in [0.1, 0.15) is 12.1 Å². The van der Waals surface area contributed by atoms with Crippen LogP contribution < -0.4 is 4.90 Å². The van der Waals surface area contributed by atoms with Gasteiger partial charge in [-0.3, -0.25) is 9.69 Å². The van der Waals surface area contributed by atoms with E-state index in [2.05, 4.69) is 20.9 Å². The van der Waals surface area contributed by atoms with E-state index in [1.165, 1.54) is 0 Å². The monoisotopic (exact) mass is 274 g/mol. The maximum Gasteiger partial charge on any atom is 0.229 e. The molecule has 0 saturated carbocycles. The number of carbonyl (C=O) groups excluding carboxylic acids is 1. The molecule has 14 heavy (non-hydrogen) atoms. The Morgan fingerprint density at radius 3 is 3.07 bits per heavy atom. The lowest BCUT2D eigenvalue weighted by atomic mass is 10.2. The molecule has 0 aromatic carbocycles. The van der Waals surface area contributed by atoms with Crippen LogP contribution in [0, 0.1) is 12.8 Å². The van der Waals surface area contributed by atoms with Gasteiger partial charge in [0.25, 0.3) is 0 Å². The third kappa shape index (κ3) is 1.83. The summed E-state index contributed by atoms with van der Waals surface area (Å²) in [5.74, 6) is 0.635. The number of hydrogen-bond donors (Lipinski definition) is 0. The molecule has 1 aliphatic heterocycles. The van der Waals surface area contributed by atoms with E-state index in [0.29, 0.717) is 12.3 Å². The third-order valence-corrected chi connectivity index (χ3v) is 4.16. The number of aryl methyl sites for hydroxylation is 1. The molecule has 76 valence electrons. The van der Waals surface area contributed by atoms with E-state index in [9.17, 15) is 4.79 Å². The minimum atomic E-state index is 0.198. The molecule has 1 saturated heterocycles. The Morgan fingerprint density at radius 2 is 2.57 bits per heavy atom. The molecule has 2 rings (SSSR count). The van der Waals surface area contributed by atoms with Crippen molar-refractivity contribution in [1.82, 2.24) is 4.98 Å². The molecule has 0 spiro atoms. The Labute approximate surface area is 95.3 Å². The van der Waals surface area contributed by atoms with Gasteiger partial charge in [0.15, 0.2) is 5.13 Å². The summed E-state index contributed by atoms with van der Waals surface area (Å²) in [6.07, 6.45) is 0.643. The van der Waals surface area contributed by atoms with E-state index in [1.54, 1.807) is 16.2 Å². The number of anilines is 1. The molecular formula is C9H11BrN2OS. The molecule has 0 N–H and O–H groups in total. The zero-order valence-corrected chi connectivity index (χ0v) is 10.3. The zero-order chi connectivity index (χ0) is 10.1. The summed E-state index contributed by atoms with van der Waals surface area (Å²) in [6, 6.07) is 0. The van der Waals surface area contributed by atoms with Crippen molar-refractivity contribution in [3.63, 3.8) is 0 Å². The smallest absolute Gasteiger partial charge is 0.229 e. The van der Waals surface area contributed by atoms with Crippen LogP contribution >= 0.6 is 27.3 Å². The Morgan fingerprint density at radius 1 is 1.79 bits per heavy atom. The molecule has 0 aliphatic carbocycles. The maximum atomic E-state index is 11.6. The van der Waals surface area contributed by atoms with E-state index >= 15 is 0 Å². The minimum absolute atomic E-state index is 0.198. The highest BCUT2D eigenvalue weighted by Gasteiger charge is 2.31. The standard InChI is InChI=1S/C9H11BrN2OS/c1-6-5-14-9(11-6)12-4-7(3-10)2-8(12)13/h5,7H,2-4H2,1H3. The van der Waals surface area contributed by atoms with Crippen LogP contribution in [0.4, 0.5) is 5.13 Å². The summed E-state index contributed by atoms with van der Waals surface area (Å²) in [5, 5.41) is 3.71. The number of amides is 1. The summed E-state index contributed by atoms with van der Waals surface area (Å²) in [7, 11) is 0. The van der Waals surface area contributed by atoms with E-state index in [1.807, 2.05) is 12.3 Å². The van der Waals surface area contributed by atoms with E-state index in [4.69, 9.17) is 0 Å². The van der Waals surface area contributed by atoms with Crippen LogP contribution in [0.25, 0.3) is 0 Å². The molecule has 1 amide bonds. The average Bonchev–Trinajstić information content (AvgIpc) is 2.71. The maximum absolute atomic E-state index is 11.6. The van der Waals surface area contributed by atoms with Crippen LogP contribution in [0.2, 0.25) is 0 Å². The van der Waals surface area contributed by atoms with Crippen LogP contribution in [-0.2, 0) is 4.79 Å². The highest BCUT2D eigenvalue weighted by molar-refractivity contribution is 9.09. The fourth-order valence-corrected chi connectivity index (χ4v) is 2.80. The fraction of sp³-hybridized carbons (Fsp3) is 0.556. The highest BCUT2D eigenvalue weighted by Crippen LogP contribution is 2.28. The lowest BCUT2D eigenvalue weighted by Crippen LogP contribution is -2.24. The topological polar surface area (TPSA) is 33.2 Å². The van der Waals surface area contributed by atoms with Gasteiger partial charge in [-0.05, 0) is 12.8 Å². The van der Waals surface area contributed by atoms with Crippen LogP contribution in [0.15, 0.2) is 5.38 Å². The molecule has 0 radical (unpaired) electrons. The van der Waals surface area contributed by atoms with Gasteiger partial charge < -0.3 is 0 Å². The SMILES string of the molecule is Cc1csc(N2CC(CBr)CC2=O)n1. The molecular weight excluding hydrogens is 264 g/mol. The molecule has 1 aliphatic rings. The Balaban J connectivity index is 2.16. The summed E-state index contributed by atoms with van der Waals surface area (Å²) in [4.78, 5) is 17.7. The molecule has 3 nitrogen and oxygen atoms in total. The van der Waals surface area contributed by atoms with Crippen molar-refractivity contribution in [1.29, 1.82) is 0 Å². The number of thiazole rings is 1. The number of alkyl halides is 1. The van der Waals surface area contributed by atoms with Crippen molar-refractivity contribution in [3.8, 4) is 0 Å². The highest BCUT2D eigenvalue weighted by atomic mass is 79.9. The van der Waals surface area contributed by atoms with Gasteiger partial charge in [-0.1, -0.05) is 15.9 Å². The van der Waals surface area contributed by atoms with E-state index in [0.717, 1.165) is 22.7 Å². The molecule has 2 heterocycles. The van der Waals surface area contributed by atoms with Gasteiger partial charge in [-0.25, -0.2) is 4.98 Å². The number of rotatable bonds is 2. The number of halogens is 1. The molecule has 1 aromatic heterocycles. The molecule has 5 heteroatoms. The van der Waals surface area contributed by atoms with Crippen molar-refractivity contribution in [2.75, 3.05) is 16.8 Å². The number of aromatic nitrogens is 1. The minimum Gasteiger partial charge on any atom is -0.288 e. The third-order valence-electron chi connectivity index (χ3n) is 2.26. The largest absolute Gasteiger partial charge is 0.288 e. The number of nitrogens with zero attached hydrogens (tertiary/aromatic N) is 2. The summed E-state index contributed by atoms with van der Waals surface area (Å²) in [5.41, 5.74) is 0.986. The predicted octanol–water partition coefficient (Wildman–Crippen LogP) is 2.20. The summed E-state index contributed by atoms with van der Waals surface area (Å²) in [6.45, 7) is 2.75. The molecule has 1 aromatic rings. The lowest BCUT2D eigenvalue weighted by molar-refractivity contribution is -0.117. The molecule has 0 bridgehead atoms. The van der Waals surface area contributed by atoms with E-state index in [-0.39, 0.29) is 5.91 Å². The second-order valence-electron chi connectivity index (χ2n) is 3.50. The van der Waals surface area contributed by atoms with Crippen LogP contribution in [0.3, 0.4) is 0 Å². The Bertz CT molecular complexity index is 352. The van der Waals surface area contributed by atoms with Gasteiger partial charge >= 0.3 is 0 Å². The van der Waals surface area contributed by atoms with Gasteiger partial charge in [0.1, 0.15) is 0 Å². The lowest BCUT2D eigenvalue weighted by Gasteiger charge is -2.11. The van der Waals surface area contributed by atoms with E-state index < -0.39 is 0 Å². The van der Waals surface area contributed by atoms with Gasteiger partial charge in [-0.15, -0.1) is 11.3 Å². The zero-order valence-electron chi connectivity index (χ0n) is 7.86. The fourth-order valence-electron chi connectivity index (χ4n) is 1.54. The summed E-state index contributed by atoms with van der Waals surface area (Å²) < 4.78 is 0. The second-order valence-corrected chi connectivity index (χ2v) is 4.98. The normalized spacial score (nSPS) is 22.0. The van der Waals surface area contributed by atoms with Crippen molar-refractivity contribution in [2.45, 2.75) is 13.3 Å². The average molecular weight is 275 g/mol. The van der Waals surface area contributed by atoms with Crippen molar-refractivity contribution in [3.05, 3.63) is 11.1 Å². The predicted molar refractivity (Wildman–Crippen MR) is 61.1 cm³/mol. The molecule has 1 fully saturated rings. The Kier molecular flexibility index (Phi) is 2.88. The van der Waals surface area contributed by atoms with Gasteiger partial charge in [-0.2, -0.15) is 0 Å². The number of hydrogen-bond acceptors (Lipinski definition) is 3. The second kappa shape index (κ2) is 3.98. The first-order valence-corrected chi connectivity index (χ1v) is 6.49. The van der Waals surface area contributed by atoms with Gasteiger partial charge in [0, 0.05) is 23.7 Å². The number of carbonyl (C=O) groups is 1. The first-order valence-electron chi connectivity index (χ1n) is 4.49. The van der Waals surface area contributed by atoms with Crippen molar-refractivity contribution in [2.24, 2.45) is 5.92 Å². The first-order chi connectivity index (χ1) is 6.70.